The second-order valence-corrected chi connectivity index (χ2v) is 8.11. The molecule has 0 aliphatic rings. The quantitative estimate of drug-likeness (QED) is 0.711. The number of hydrogen-bond donors (Lipinski definition) is 0. The Morgan fingerprint density at radius 2 is 1.38 bits per heavy atom. The van der Waals surface area contributed by atoms with E-state index < -0.39 is 9.84 Å². The Kier molecular flexibility index (Phi) is 3.59. The van der Waals surface area contributed by atoms with Crippen molar-refractivity contribution in [1.29, 1.82) is 0 Å². The Hall–Kier alpha value is -0.0500. The third kappa shape index (κ3) is 8.28. The van der Waals surface area contributed by atoms with E-state index in [0.29, 0.717) is 0 Å². The molecule has 3 heteroatoms. The van der Waals surface area contributed by atoms with Crippen LogP contribution >= 0.6 is 0 Å². The minimum absolute atomic E-state index is 0.119. The Morgan fingerprint density at radius 1 is 1.00 bits per heavy atom. The van der Waals surface area contributed by atoms with Crippen molar-refractivity contribution in [1.82, 2.24) is 0 Å². The number of rotatable bonds is 3. The van der Waals surface area contributed by atoms with Gasteiger partial charge < -0.3 is 0 Å². The van der Waals surface area contributed by atoms with Gasteiger partial charge in [0.25, 0.3) is 0 Å². The molecule has 0 radical (unpaired) electrons. The Bertz CT molecular complexity index is 255. The minimum Gasteiger partial charge on any atom is -0.229 e. The fourth-order valence-corrected chi connectivity index (χ4v) is 3.72. The highest BCUT2D eigenvalue weighted by atomic mass is 32.2. The van der Waals surface area contributed by atoms with E-state index in [2.05, 4.69) is 20.8 Å². The molecule has 0 spiro atoms. The average Bonchev–Trinajstić information content (AvgIpc) is 1.43. The fourth-order valence-electron chi connectivity index (χ4n) is 2.20. The highest BCUT2D eigenvalue weighted by Crippen LogP contribution is 2.33. The molecular formula is C10H22O2S. The van der Waals surface area contributed by atoms with Gasteiger partial charge in [-0.25, -0.2) is 8.42 Å². The predicted octanol–water partition coefficient (Wildman–Crippen LogP) is 2.49. The lowest BCUT2D eigenvalue weighted by molar-refractivity contribution is 0.236. The predicted molar refractivity (Wildman–Crippen MR) is 57.6 cm³/mol. The van der Waals surface area contributed by atoms with Crippen LogP contribution in [0.15, 0.2) is 0 Å². The molecule has 0 atom stereocenters. The van der Waals surface area contributed by atoms with Gasteiger partial charge in [0.2, 0.25) is 0 Å². The summed E-state index contributed by atoms with van der Waals surface area (Å²) < 4.78 is 22.3. The highest BCUT2D eigenvalue weighted by Gasteiger charge is 2.28. The zero-order valence-corrected chi connectivity index (χ0v) is 10.5. The first-order valence-corrected chi connectivity index (χ1v) is 6.65. The van der Waals surface area contributed by atoms with Crippen LogP contribution in [0, 0.1) is 10.8 Å². The van der Waals surface area contributed by atoms with Crippen molar-refractivity contribution in [3.63, 3.8) is 0 Å². The second-order valence-electron chi connectivity index (χ2n) is 5.97. The molecule has 0 unspecified atom stereocenters. The summed E-state index contributed by atoms with van der Waals surface area (Å²) in [7, 11) is -2.85. The monoisotopic (exact) mass is 206 g/mol. The van der Waals surface area contributed by atoms with Crippen LogP contribution in [0.4, 0.5) is 0 Å². The van der Waals surface area contributed by atoms with Crippen LogP contribution in [0.3, 0.4) is 0 Å². The first kappa shape index (κ1) is 12.9. The van der Waals surface area contributed by atoms with E-state index in [9.17, 15) is 8.42 Å². The van der Waals surface area contributed by atoms with Crippen molar-refractivity contribution >= 4 is 9.84 Å². The summed E-state index contributed by atoms with van der Waals surface area (Å²) in [5.74, 6) is 0.275. The lowest BCUT2D eigenvalue weighted by Gasteiger charge is -2.31. The molecule has 80 valence electrons. The van der Waals surface area contributed by atoms with Gasteiger partial charge in [-0.2, -0.15) is 0 Å². The molecule has 0 N–H and O–H groups in total. The molecule has 0 saturated heterocycles. The van der Waals surface area contributed by atoms with Gasteiger partial charge in [-0.05, 0) is 17.3 Å². The van der Waals surface area contributed by atoms with Crippen molar-refractivity contribution in [2.75, 3.05) is 12.0 Å². The molecule has 0 aliphatic heterocycles. The third-order valence-corrected chi connectivity index (χ3v) is 2.97. The lowest BCUT2D eigenvalue weighted by Crippen LogP contribution is -2.28. The normalized spacial score (nSPS) is 14.6. The van der Waals surface area contributed by atoms with E-state index in [4.69, 9.17) is 0 Å². The van der Waals surface area contributed by atoms with Crippen LogP contribution < -0.4 is 0 Å². The zero-order chi connectivity index (χ0) is 10.9. The van der Waals surface area contributed by atoms with Crippen molar-refractivity contribution in [2.24, 2.45) is 10.8 Å². The molecule has 0 saturated carbocycles. The minimum atomic E-state index is -2.85. The van der Waals surface area contributed by atoms with Crippen molar-refractivity contribution in [3.8, 4) is 0 Å². The first-order chi connectivity index (χ1) is 5.41. The van der Waals surface area contributed by atoms with Crippen LogP contribution in [0.5, 0.6) is 0 Å². The van der Waals surface area contributed by atoms with E-state index in [0.717, 1.165) is 6.42 Å². The smallest absolute Gasteiger partial charge is 0.147 e. The number of hydrogen-bond acceptors (Lipinski definition) is 2. The van der Waals surface area contributed by atoms with Crippen molar-refractivity contribution < 1.29 is 8.42 Å². The van der Waals surface area contributed by atoms with Crippen LogP contribution in [0.1, 0.15) is 41.0 Å². The summed E-state index contributed by atoms with van der Waals surface area (Å²) in [5.41, 5.74) is 0.0695. The van der Waals surface area contributed by atoms with Crippen molar-refractivity contribution in [3.05, 3.63) is 0 Å². The van der Waals surface area contributed by atoms with Crippen molar-refractivity contribution in [2.45, 2.75) is 41.0 Å². The van der Waals surface area contributed by atoms with Gasteiger partial charge in [-0.1, -0.05) is 34.6 Å². The maximum atomic E-state index is 11.1. The molecule has 13 heavy (non-hydrogen) atoms. The summed E-state index contributed by atoms with van der Waals surface area (Å²) in [6, 6.07) is 0. The summed E-state index contributed by atoms with van der Waals surface area (Å²) >= 11 is 0. The van der Waals surface area contributed by atoms with Gasteiger partial charge in [0.05, 0.1) is 5.75 Å². The summed E-state index contributed by atoms with van der Waals surface area (Å²) in [6.07, 6.45) is 2.23. The third-order valence-electron chi connectivity index (χ3n) is 1.66. The van der Waals surface area contributed by atoms with E-state index >= 15 is 0 Å². The topological polar surface area (TPSA) is 34.1 Å². The van der Waals surface area contributed by atoms with Crippen LogP contribution in [0.2, 0.25) is 0 Å². The molecule has 0 bridgehead atoms. The maximum Gasteiger partial charge on any atom is 0.147 e. The zero-order valence-electron chi connectivity index (χ0n) is 9.64. The van der Waals surface area contributed by atoms with E-state index in [1.165, 1.54) is 6.26 Å². The first-order valence-electron chi connectivity index (χ1n) is 4.59. The van der Waals surface area contributed by atoms with E-state index in [-0.39, 0.29) is 16.6 Å². The van der Waals surface area contributed by atoms with Gasteiger partial charge in [0, 0.05) is 6.26 Å². The van der Waals surface area contributed by atoms with Crippen LogP contribution in [-0.2, 0) is 9.84 Å². The Labute approximate surface area is 82.6 Å². The maximum absolute atomic E-state index is 11.1. The second kappa shape index (κ2) is 3.60. The molecule has 0 heterocycles. The number of sulfone groups is 1. The average molecular weight is 206 g/mol. The molecule has 0 fully saturated rings. The largest absolute Gasteiger partial charge is 0.229 e. The lowest BCUT2D eigenvalue weighted by atomic mass is 9.77. The van der Waals surface area contributed by atoms with Gasteiger partial charge >= 0.3 is 0 Å². The van der Waals surface area contributed by atoms with Gasteiger partial charge in [0.1, 0.15) is 9.84 Å². The summed E-state index contributed by atoms with van der Waals surface area (Å²) in [5, 5.41) is 0. The molecule has 0 amide bonds. The molecule has 0 aromatic rings. The summed E-state index contributed by atoms with van der Waals surface area (Å²) in [4.78, 5) is 0. The van der Waals surface area contributed by atoms with E-state index in [1.54, 1.807) is 0 Å². The highest BCUT2D eigenvalue weighted by molar-refractivity contribution is 7.90. The Balaban J connectivity index is 4.43. The molecule has 0 rings (SSSR count). The fraction of sp³-hybridized carbons (Fsp3) is 1.00. The summed E-state index contributed by atoms with van der Waals surface area (Å²) in [6.45, 7) is 10.4. The molecule has 0 aliphatic carbocycles. The molecule has 0 aromatic heterocycles. The van der Waals surface area contributed by atoms with Gasteiger partial charge in [-0.3, -0.25) is 0 Å². The standard InChI is InChI=1S/C10H22O2S/c1-9(2,3)7-10(4,5)8-13(6,11)12/h7-8H2,1-6H3. The molecule has 0 aromatic carbocycles. The molecular weight excluding hydrogens is 184 g/mol. The van der Waals surface area contributed by atoms with Gasteiger partial charge in [-0.15, -0.1) is 0 Å². The molecule has 2 nitrogen and oxygen atoms in total. The van der Waals surface area contributed by atoms with Crippen LogP contribution in [-0.4, -0.2) is 20.4 Å². The van der Waals surface area contributed by atoms with E-state index in [1.807, 2.05) is 13.8 Å². The van der Waals surface area contributed by atoms with Gasteiger partial charge in [0.15, 0.2) is 0 Å². The van der Waals surface area contributed by atoms with Crippen LogP contribution in [0.25, 0.3) is 0 Å². The SMILES string of the molecule is CC(C)(C)CC(C)(C)CS(C)(=O)=O. The Morgan fingerprint density at radius 3 is 1.62 bits per heavy atom.